The monoisotopic (exact) mass is 391 g/mol. The van der Waals surface area contributed by atoms with E-state index in [0.717, 1.165) is 24.2 Å². The van der Waals surface area contributed by atoms with Crippen LogP contribution in [0.2, 0.25) is 0 Å². The molecule has 2 heterocycles. The first-order valence-corrected chi connectivity index (χ1v) is 9.30. The highest BCUT2D eigenvalue weighted by Crippen LogP contribution is 2.26. The van der Waals surface area contributed by atoms with E-state index in [9.17, 15) is 14.9 Å². The number of carbonyl (C=O) groups excluding carboxylic acids is 1. The molecule has 1 amide bonds. The van der Waals surface area contributed by atoms with Crippen LogP contribution in [-0.2, 0) is 4.79 Å². The number of nitrogens with zero attached hydrogens (tertiary/aromatic N) is 3. The first-order chi connectivity index (χ1) is 14.0. The van der Waals surface area contributed by atoms with Crippen molar-refractivity contribution >= 4 is 11.6 Å². The van der Waals surface area contributed by atoms with Gasteiger partial charge in [0, 0.05) is 24.8 Å². The van der Waals surface area contributed by atoms with Crippen LogP contribution < -0.4 is 4.74 Å². The highest BCUT2D eigenvalue weighted by Gasteiger charge is 2.21. The van der Waals surface area contributed by atoms with Crippen molar-refractivity contribution in [2.75, 3.05) is 19.7 Å². The summed E-state index contributed by atoms with van der Waals surface area (Å²) in [6.45, 7) is 2.86. The maximum Gasteiger partial charge on any atom is 0.310 e. The molecule has 7 heteroatoms. The number of likely N-dealkylation sites (tertiary alicyclic amines) is 1. The Morgan fingerprint density at radius 3 is 2.72 bits per heavy atom. The predicted molar refractivity (Wildman–Crippen MR) is 108 cm³/mol. The van der Waals surface area contributed by atoms with E-state index >= 15 is 0 Å². The van der Waals surface area contributed by atoms with Crippen molar-refractivity contribution in [3.8, 4) is 17.6 Å². The second-order valence-corrected chi connectivity index (χ2v) is 6.63. The molecule has 1 saturated heterocycles. The molecule has 7 nitrogen and oxygen atoms in total. The van der Waals surface area contributed by atoms with Crippen LogP contribution in [0.5, 0.6) is 5.75 Å². The minimum absolute atomic E-state index is 0.100. The van der Waals surface area contributed by atoms with Gasteiger partial charge in [0.05, 0.1) is 4.92 Å². The molecule has 0 spiro atoms. The number of rotatable bonds is 4. The maximum atomic E-state index is 12.4. The molecule has 1 aromatic carbocycles. The second kappa shape index (κ2) is 9.51. The fourth-order valence-electron chi connectivity index (χ4n) is 2.97. The lowest BCUT2D eigenvalue weighted by Crippen LogP contribution is -2.39. The summed E-state index contributed by atoms with van der Waals surface area (Å²) in [4.78, 5) is 28.9. The number of allylic oxidation sites excluding steroid dienone is 1. The van der Waals surface area contributed by atoms with E-state index in [0.29, 0.717) is 13.1 Å². The van der Waals surface area contributed by atoms with E-state index in [-0.39, 0.29) is 24.0 Å². The van der Waals surface area contributed by atoms with Crippen LogP contribution in [0.25, 0.3) is 0 Å². The van der Waals surface area contributed by atoms with Crippen molar-refractivity contribution in [2.24, 2.45) is 0 Å². The molecule has 0 saturated carbocycles. The third-order valence-corrected chi connectivity index (χ3v) is 4.54. The van der Waals surface area contributed by atoms with Gasteiger partial charge in [-0.05, 0) is 50.0 Å². The van der Waals surface area contributed by atoms with Crippen molar-refractivity contribution in [1.29, 1.82) is 0 Å². The van der Waals surface area contributed by atoms with Crippen LogP contribution >= 0.6 is 0 Å². The number of aryl methyl sites for hydroxylation is 1. The van der Waals surface area contributed by atoms with Gasteiger partial charge < -0.3 is 9.64 Å². The zero-order valence-electron chi connectivity index (χ0n) is 16.1. The molecule has 0 aliphatic carbocycles. The van der Waals surface area contributed by atoms with Crippen LogP contribution in [0.3, 0.4) is 0 Å². The molecule has 1 aliphatic rings. The Hall–Kier alpha value is -3.66. The van der Waals surface area contributed by atoms with E-state index in [4.69, 9.17) is 4.74 Å². The Kier molecular flexibility index (Phi) is 6.59. The smallest absolute Gasteiger partial charge is 0.310 e. The number of benzene rings is 1. The lowest BCUT2D eigenvalue weighted by Gasteiger charge is -2.28. The number of amides is 1. The SMILES string of the molecule is Cc1cccc(C#CC=C2CCN(C(=O)COc3ccccc3[N+](=O)[O-])CC2)n1. The summed E-state index contributed by atoms with van der Waals surface area (Å²) in [5.74, 6) is 5.98. The maximum absolute atomic E-state index is 12.4. The summed E-state index contributed by atoms with van der Waals surface area (Å²) in [6, 6.07) is 11.8. The lowest BCUT2D eigenvalue weighted by molar-refractivity contribution is -0.385. The Balaban J connectivity index is 1.50. The van der Waals surface area contributed by atoms with Gasteiger partial charge in [0.15, 0.2) is 12.4 Å². The summed E-state index contributed by atoms with van der Waals surface area (Å²) in [7, 11) is 0. The zero-order valence-corrected chi connectivity index (χ0v) is 16.1. The van der Waals surface area contributed by atoms with Gasteiger partial charge in [0.1, 0.15) is 5.69 Å². The van der Waals surface area contributed by atoms with Gasteiger partial charge >= 0.3 is 5.69 Å². The zero-order chi connectivity index (χ0) is 20.6. The number of carbonyl (C=O) groups is 1. The average Bonchev–Trinajstić information content (AvgIpc) is 2.73. The summed E-state index contributed by atoms with van der Waals surface area (Å²) < 4.78 is 5.39. The van der Waals surface area contributed by atoms with Gasteiger partial charge in [0.25, 0.3) is 5.91 Å². The second-order valence-electron chi connectivity index (χ2n) is 6.63. The number of piperidine rings is 1. The number of pyridine rings is 1. The van der Waals surface area contributed by atoms with Crippen LogP contribution in [0.15, 0.2) is 54.1 Å². The largest absolute Gasteiger partial charge is 0.477 e. The van der Waals surface area contributed by atoms with Crippen LogP contribution in [0, 0.1) is 28.9 Å². The Bertz CT molecular complexity index is 994. The minimum atomic E-state index is -0.523. The summed E-state index contributed by atoms with van der Waals surface area (Å²) in [5.41, 5.74) is 2.71. The summed E-state index contributed by atoms with van der Waals surface area (Å²) in [5, 5.41) is 11.0. The van der Waals surface area contributed by atoms with Crippen molar-refractivity contribution in [3.05, 3.63) is 75.6 Å². The highest BCUT2D eigenvalue weighted by atomic mass is 16.6. The quantitative estimate of drug-likeness (QED) is 0.454. The van der Waals surface area contributed by atoms with E-state index in [1.165, 1.54) is 17.7 Å². The van der Waals surface area contributed by atoms with Crippen molar-refractivity contribution < 1.29 is 14.5 Å². The van der Waals surface area contributed by atoms with E-state index in [1.807, 2.05) is 31.2 Å². The number of aromatic nitrogens is 1. The molecule has 0 bridgehead atoms. The van der Waals surface area contributed by atoms with Crippen molar-refractivity contribution in [3.63, 3.8) is 0 Å². The van der Waals surface area contributed by atoms with Gasteiger partial charge in [-0.1, -0.05) is 29.7 Å². The highest BCUT2D eigenvalue weighted by molar-refractivity contribution is 5.78. The Labute approximate surface area is 169 Å². The molecule has 3 rings (SSSR count). The number of hydrogen-bond acceptors (Lipinski definition) is 5. The van der Waals surface area contributed by atoms with Gasteiger partial charge in [-0.25, -0.2) is 4.98 Å². The summed E-state index contributed by atoms with van der Waals surface area (Å²) in [6.07, 6.45) is 3.38. The topological polar surface area (TPSA) is 85.6 Å². The van der Waals surface area contributed by atoms with Crippen LogP contribution in [0.1, 0.15) is 24.2 Å². The van der Waals surface area contributed by atoms with Crippen LogP contribution in [-0.4, -0.2) is 40.4 Å². The number of hydrogen-bond donors (Lipinski definition) is 0. The third kappa shape index (κ3) is 5.66. The van der Waals surface area contributed by atoms with Gasteiger partial charge in [-0.2, -0.15) is 0 Å². The van der Waals surface area contributed by atoms with E-state index < -0.39 is 4.92 Å². The molecule has 2 aromatic rings. The molecular formula is C22H21N3O4. The molecular weight excluding hydrogens is 370 g/mol. The lowest BCUT2D eigenvalue weighted by atomic mass is 10.0. The third-order valence-electron chi connectivity index (χ3n) is 4.54. The van der Waals surface area contributed by atoms with Gasteiger partial charge in [0.2, 0.25) is 0 Å². The molecule has 0 N–H and O–H groups in total. The molecule has 1 aromatic heterocycles. The molecule has 0 unspecified atom stereocenters. The van der Waals surface area contributed by atoms with Gasteiger partial charge in [-0.3, -0.25) is 14.9 Å². The number of para-hydroxylation sites is 2. The first-order valence-electron chi connectivity index (χ1n) is 9.30. The Morgan fingerprint density at radius 1 is 1.24 bits per heavy atom. The van der Waals surface area contributed by atoms with E-state index in [2.05, 4.69) is 16.8 Å². The predicted octanol–water partition coefficient (Wildman–Crippen LogP) is 3.28. The summed E-state index contributed by atoms with van der Waals surface area (Å²) >= 11 is 0. The number of ether oxygens (including phenoxy) is 1. The average molecular weight is 391 g/mol. The molecule has 1 fully saturated rings. The molecule has 1 aliphatic heterocycles. The Morgan fingerprint density at radius 2 is 2.00 bits per heavy atom. The van der Waals surface area contributed by atoms with Gasteiger partial charge in [-0.15, -0.1) is 0 Å². The van der Waals surface area contributed by atoms with E-state index in [1.54, 1.807) is 17.0 Å². The molecule has 0 radical (unpaired) electrons. The molecule has 29 heavy (non-hydrogen) atoms. The number of nitro benzene ring substituents is 1. The molecule has 0 atom stereocenters. The van der Waals surface area contributed by atoms with Crippen molar-refractivity contribution in [1.82, 2.24) is 9.88 Å². The normalized spacial score (nSPS) is 13.3. The molecule has 148 valence electrons. The van der Waals surface area contributed by atoms with Crippen LogP contribution in [0.4, 0.5) is 5.69 Å². The number of nitro groups is 1. The standard InChI is InChI=1S/C22H21N3O4/c1-17-6-4-8-19(23-17)9-5-7-18-12-14-24(15-13-18)22(26)16-29-21-11-3-2-10-20(21)25(27)28/h2-4,6-8,10-11H,12-16H2,1H3. The fraction of sp³-hybridized carbons (Fsp3) is 0.273. The first kappa shape index (κ1) is 20.1. The minimum Gasteiger partial charge on any atom is -0.477 e. The fourth-order valence-corrected chi connectivity index (χ4v) is 2.97. The van der Waals surface area contributed by atoms with Crippen molar-refractivity contribution in [2.45, 2.75) is 19.8 Å².